The molecule has 0 fully saturated rings. The number of non-ortho nitro benzene ring substituents is 1. The summed E-state index contributed by atoms with van der Waals surface area (Å²) in [7, 11) is 0. The maximum absolute atomic E-state index is 12.4. The predicted octanol–water partition coefficient (Wildman–Crippen LogP) is 6.30. The molecule has 0 aliphatic rings. The van der Waals surface area contributed by atoms with Crippen molar-refractivity contribution in [1.82, 2.24) is 9.38 Å². The Morgan fingerprint density at radius 1 is 0.886 bits per heavy atom. The van der Waals surface area contributed by atoms with Crippen LogP contribution in [0.4, 0.5) is 5.69 Å². The molecule has 7 nitrogen and oxygen atoms in total. The summed E-state index contributed by atoms with van der Waals surface area (Å²) in [5, 5.41) is 10.9. The molecule has 7 heteroatoms. The standard InChI is InChI=1S/C28H19N3O4/c32-28(22-9-6-10-23(19-22)31(33)34)35-24-15-12-20(13-16-24)14-17-26-29-27(21-7-2-1-3-8-21)25-11-4-5-18-30(25)26/h1-19H/b17-14+. The molecule has 0 N–H and O–H groups in total. The smallest absolute Gasteiger partial charge is 0.343 e. The van der Waals surface area contributed by atoms with E-state index in [1.54, 1.807) is 12.1 Å². The molecule has 0 saturated carbocycles. The second-order valence-electron chi connectivity index (χ2n) is 7.74. The Labute approximate surface area is 200 Å². The zero-order chi connectivity index (χ0) is 24.2. The van der Waals surface area contributed by atoms with E-state index in [0.717, 1.165) is 28.2 Å². The van der Waals surface area contributed by atoms with Crippen LogP contribution in [0.5, 0.6) is 5.75 Å². The molecule has 0 amide bonds. The van der Waals surface area contributed by atoms with Crippen molar-refractivity contribution < 1.29 is 14.5 Å². The number of imidazole rings is 1. The van der Waals surface area contributed by atoms with Gasteiger partial charge in [-0.05, 0) is 42.0 Å². The molecule has 0 aliphatic carbocycles. The Hall–Kier alpha value is -5.04. The predicted molar refractivity (Wildman–Crippen MR) is 134 cm³/mol. The number of carbonyl (C=O) groups is 1. The van der Waals surface area contributed by atoms with E-state index in [0.29, 0.717) is 5.75 Å². The normalized spacial score (nSPS) is 11.1. The summed E-state index contributed by atoms with van der Waals surface area (Å²) in [4.78, 5) is 27.6. The number of fused-ring (bicyclic) bond motifs is 1. The number of benzene rings is 3. The largest absolute Gasteiger partial charge is 0.423 e. The van der Waals surface area contributed by atoms with Gasteiger partial charge in [-0.25, -0.2) is 9.78 Å². The van der Waals surface area contributed by atoms with Crippen molar-refractivity contribution in [2.45, 2.75) is 0 Å². The lowest BCUT2D eigenvalue weighted by Crippen LogP contribution is -2.08. The minimum absolute atomic E-state index is 0.114. The van der Waals surface area contributed by atoms with Crippen molar-refractivity contribution >= 4 is 29.3 Å². The number of nitrogens with zero attached hydrogens (tertiary/aromatic N) is 3. The zero-order valence-electron chi connectivity index (χ0n) is 18.4. The van der Waals surface area contributed by atoms with E-state index < -0.39 is 10.9 Å². The second-order valence-corrected chi connectivity index (χ2v) is 7.74. The van der Waals surface area contributed by atoms with Gasteiger partial charge in [-0.1, -0.05) is 60.7 Å². The van der Waals surface area contributed by atoms with Crippen molar-refractivity contribution in [3.05, 3.63) is 130 Å². The van der Waals surface area contributed by atoms with E-state index in [2.05, 4.69) is 0 Å². The van der Waals surface area contributed by atoms with Crippen LogP contribution in [-0.2, 0) is 0 Å². The Balaban J connectivity index is 1.34. The molecule has 5 aromatic rings. The number of nitro groups is 1. The van der Waals surface area contributed by atoms with Gasteiger partial charge in [0.2, 0.25) is 0 Å². The van der Waals surface area contributed by atoms with Crippen molar-refractivity contribution in [3.8, 4) is 17.0 Å². The van der Waals surface area contributed by atoms with Gasteiger partial charge in [0.15, 0.2) is 0 Å². The topological polar surface area (TPSA) is 86.7 Å². The molecule has 0 aliphatic heterocycles. The van der Waals surface area contributed by atoms with E-state index in [-0.39, 0.29) is 11.3 Å². The van der Waals surface area contributed by atoms with Gasteiger partial charge in [-0.2, -0.15) is 0 Å². The molecule has 0 bridgehead atoms. The Kier molecular flexibility index (Phi) is 5.88. The first-order valence-electron chi connectivity index (χ1n) is 10.9. The zero-order valence-corrected chi connectivity index (χ0v) is 18.4. The molecule has 0 radical (unpaired) electrons. The number of carbonyl (C=O) groups excluding carboxylic acids is 1. The van der Waals surface area contributed by atoms with Crippen molar-refractivity contribution in [1.29, 1.82) is 0 Å². The quantitative estimate of drug-likeness (QED) is 0.128. The van der Waals surface area contributed by atoms with Crippen molar-refractivity contribution in [2.24, 2.45) is 0 Å². The van der Waals surface area contributed by atoms with Gasteiger partial charge in [0.25, 0.3) is 5.69 Å². The second kappa shape index (κ2) is 9.44. The molecule has 0 spiro atoms. The van der Waals surface area contributed by atoms with Gasteiger partial charge in [0.05, 0.1) is 21.7 Å². The summed E-state index contributed by atoms with van der Waals surface area (Å²) in [6.07, 6.45) is 5.84. The van der Waals surface area contributed by atoms with Gasteiger partial charge < -0.3 is 4.74 Å². The molecule has 5 rings (SSSR count). The molecule has 0 saturated heterocycles. The Bertz CT molecular complexity index is 1550. The number of aromatic nitrogens is 2. The Morgan fingerprint density at radius 3 is 2.43 bits per heavy atom. The fourth-order valence-electron chi connectivity index (χ4n) is 3.72. The summed E-state index contributed by atoms with van der Waals surface area (Å²) in [6, 6.07) is 28.5. The van der Waals surface area contributed by atoms with Crippen LogP contribution >= 0.6 is 0 Å². The number of hydrogen-bond acceptors (Lipinski definition) is 5. The molecule has 3 aromatic carbocycles. The third kappa shape index (κ3) is 4.69. The first-order chi connectivity index (χ1) is 17.1. The molecule has 170 valence electrons. The lowest BCUT2D eigenvalue weighted by molar-refractivity contribution is -0.384. The minimum Gasteiger partial charge on any atom is -0.423 e. The minimum atomic E-state index is -0.658. The fraction of sp³-hybridized carbons (Fsp3) is 0. The summed E-state index contributed by atoms with van der Waals surface area (Å²) in [5.41, 5.74) is 3.82. The fourth-order valence-corrected chi connectivity index (χ4v) is 3.72. The SMILES string of the molecule is O=C(Oc1ccc(/C=C/c2nc(-c3ccccc3)c3ccccn23)cc1)c1cccc([N+](=O)[O-])c1. The van der Waals surface area contributed by atoms with E-state index in [1.165, 1.54) is 24.3 Å². The third-order valence-electron chi connectivity index (χ3n) is 5.43. The van der Waals surface area contributed by atoms with Gasteiger partial charge in [-0.15, -0.1) is 0 Å². The highest BCUT2D eigenvalue weighted by atomic mass is 16.6. The average Bonchev–Trinajstić information content (AvgIpc) is 3.27. The third-order valence-corrected chi connectivity index (χ3v) is 5.43. The molecular weight excluding hydrogens is 442 g/mol. The van der Waals surface area contributed by atoms with Crippen LogP contribution in [0.25, 0.3) is 28.9 Å². The highest BCUT2D eigenvalue weighted by molar-refractivity contribution is 5.91. The summed E-state index contributed by atoms with van der Waals surface area (Å²) in [5.74, 6) is 0.478. The van der Waals surface area contributed by atoms with Gasteiger partial charge in [0.1, 0.15) is 11.6 Å². The van der Waals surface area contributed by atoms with Gasteiger partial charge >= 0.3 is 5.97 Å². The number of ether oxygens (including phenoxy) is 1. The van der Waals surface area contributed by atoms with Crippen LogP contribution in [0.15, 0.2) is 103 Å². The summed E-state index contributed by atoms with van der Waals surface area (Å²) in [6.45, 7) is 0. The summed E-state index contributed by atoms with van der Waals surface area (Å²) >= 11 is 0. The van der Waals surface area contributed by atoms with Crippen LogP contribution in [-0.4, -0.2) is 20.3 Å². The Morgan fingerprint density at radius 2 is 1.66 bits per heavy atom. The number of esters is 1. The monoisotopic (exact) mass is 461 g/mol. The maximum atomic E-state index is 12.4. The number of nitro benzene ring substituents is 1. The lowest BCUT2D eigenvalue weighted by Gasteiger charge is -2.04. The number of pyridine rings is 1. The average molecular weight is 461 g/mol. The van der Waals surface area contributed by atoms with Crippen LogP contribution in [0.2, 0.25) is 0 Å². The maximum Gasteiger partial charge on any atom is 0.343 e. The van der Waals surface area contributed by atoms with E-state index in [4.69, 9.17) is 9.72 Å². The highest BCUT2D eigenvalue weighted by Crippen LogP contribution is 2.26. The number of rotatable bonds is 6. The van der Waals surface area contributed by atoms with E-state index >= 15 is 0 Å². The highest BCUT2D eigenvalue weighted by Gasteiger charge is 2.14. The summed E-state index contributed by atoms with van der Waals surface area (Å²) < 4.78 is 7.40. The first kappa shape index (κ1) is 21.8. The van der Waals surface area contributed by atoms with E-state index in [9.17, 15) is 14.9 Å². The molecule has 0 unspecified atom stereocenters. The van der Waals surface area contributed by atoms with Crippen molar-refractivity contribution in [3.63, 3.8) is 0 Å². The lowest BCUT2D eigenvalue weighted by atomic mass is 10.1. The van der Waals surface area contributed by atoms with Crippen LogP contribution in [0.1, 0.15) is 21.7 Å². The molecule has 0 atom stereocenters. The van der Waals surface area contributed by atoms with E-state index in [1.807, 2.05) is 83.4 Å². The van der Waals surface area contributed by atoms with Crippen LogP contribution < -0.4 is 4.74 Å². The molecule has 2 aromatic heterocycles. The van der Waals surface area contributed by atoms with Crippen LogP contribution in [0, 0.1) is 10.1 Å². The molecule has 2 heterocycles. The molecule has 35 heavy (non-hydrogen) atoms. The van der Waals surface area contributed by atoms with Crippen LogP contribution in [0.3, 0.4) is 0 Å². The van der Waals surface area contributed by atoms with Gasteiger partial charge in [0, 0.05) is 23.9 Å². The van der Waals surface area contributed by atoms with Gasteiger partial charge in [-0.3, -0.25) is 14.5 Å². The molecular formula is C28H19N3O4. The number of hydrogen-bond donors (Lipinski definition) is 0. The first-order valence-corrected chi connectivity index (χ1v) is 10.9. The van der Waals surface area contributed by atoms with Crippen molar-refractivity contribution in [2.75, 3.05) is 0 Å².